The van der Waals surface area contributed by atoms with Gasteiger partial charge >= 0.3 is 0 Å². The normalized spacial score (nSPS) is 15.3. The SMILES string of the molecule is O=C(CCn1[nH]c(=O)c2ccccc2c1=O)N1CCCN(Cc2ccccc2)CC1. The number of rotatable bonds is 5. The lowest BCUT2D eigenvalue weighted by Gasteiger charge is -2.22. The number of nitrogens with zero attached hydrogens (tertiary/aromatic N) is 3. The number of carbonyl (C=O) groups is 1. The molecule has 0 spiro atoms. The molecule has 0 saturated carbocycles. The number of nitrogens with one attached hydrogen (secondary N) is 1. The number of hydrogen-bond donors (Lipinski definition) is 1. The zero-order chi connectivity index (χ0) is 20.9. The third-order valence-electron chi connectivity index (χ3n) is 5.62. The molecular formula is C23H26N4O3. The molecule has 1 aliphatic heterocycles. The first-order valence-corrected chi connectivity index (χ1v) is 10.4. The van der Waals surface area contributed by atoms with E-state index in [1.807, 2.05) is 23.1 Å². The fourth-order valence-corrected chi connectivity index (χ4v) is 3.99. The van der Waals surface area contributed by atoms with Crippen LogP contribution in [0.4, 0.5) is 0 Å². The molecule has 4 rings (SSSR count). The molecular weight excluding hydrogens is 380 g/mol. The number of aromatic amines is 1. The van der Waals surface area contributed by atoms with Crippen molar-refractivity contribution in [2.75, 3.05) is 26.2 Å². The van der Waals surface area contributed by atoms with Crippen LogP contribution in [0.3, 0.4) is 0 Å². The van der Waals surface area contributed by atoms with E-state index in [4.69, 9.17) is 0 Å². The third-order valence-corrected chi connectivity index (χ3v) is 5.62. The van der Waals surface area contributed by atoms with Gasteiger partial charge in [-0.25, -0.2) is 4.68 Å². The van der Waals surface area contributed by atoms with Crippen LogP contribution in [-0.2, 0) is 17.9 Å². The molecule has 1 amide bonds. The number of H-pyrrole nitrogens is 1. The first-order valence-electron chi connectivity index (χ1n) is 10.4. The minimum absolute atomic E-state index is 0.0115. The van der Waals surface area contributed by atoms with Crippen molar-refractivity contribution in [3.05, 3.63) is 80.9 Å². The standard InChI is InChI=1S/C23H26N4O3/c28-21(11-14-27-23(30)20-10-5-4-9-19(20)22(29)24-27)26-13-6-12-25(15-16-26)17-18-7-2-1-3-8-18/h1-5,7-10H,6,11-17H2,(H,24,29). The van der Waals surface area contributed by atoms with Crippen molar-refractivity contribution in [1.82, 2.24) is 19.6 Å². The lowest BCUT2D eigenvalue weighted by Crippen LogP contribution is -2.37. The molecule has 2 heterocycles. The molecule has 3 aromatic rings. The van der Waals surface area contributed by atoms with Crippen LogP contribution in [0.15, 0.2) is 64.2 Å². The number of hydrogen-bond acceptors (Lipinski definition) is 4. The van der Waals surface area contributed by atoms with Crippen molar-refractivity contribution in [2.24, 2.45) is 0 Å². The molecule has 1 fully saturated rings. The maximum Gasteiger partial charge on any atom is 0.273 e. The summed E-state index contributed by atoms with van der Waals surface area (Å²) in [6.07, 6.45) is 1.11. The topological polar surface area (TPSA) is 78.4 Å². The van der Waals surface area contributed by atoms with E-state index in [1.165, 1.54) is 10.2 Å². The molecule has 1 aromatic heterocycles. The Labute approximate surface area is 174 Å². The molecule has 30 heavy (non-hydrogen) atoms. The highest BCUT2D eigenvalue weighted by Gasteiger charge is 2.19. The van der Waals surface area contributed by atoms with Crippen molar-refractivity contribution >= 4 is 16.7 Å². The second kappa shape index (κ2) is 9.09. The van der Waals surface area contributed by atoms with E-state index in [0.29, 0.717) is 23.9 Å². The van der Waals surface area contributed by atoms with Crippen molar-refractivity contribution < 1.29 is 4.79 Å². The highest BCUT2D eigenvalue weighted by Crippen LogP contribution is 2.10. The largest absolute Gasteiger partial charge is 0.341 e. The van der Waals surface area contributed by atoms with Crippen LogP contribution in [0, 0.1) is 0 Å². The van der Waals surface area contributed by atoms with Gasteiger partial charge in [0.15, 0.2) is 0 Å². The average molecular weight is 406 g/mol. The van der Waals surface area contributed by atoms with Crippen molar-refractivity contribution in [3.8, 4) is 0 Å². The Bertz CT molecular complexity index is 1140. The van der Waals surface area contributed by atoms with Crippen LogP contribution in [0.2, 0.25) is 0 Å². The van der Waals surface area contributed by atoms with Gasteiger partial charge in [0, 0.05) is 39.1 Å². The maximum absolute atomic E-state index is 12.7. The first-order chi connectivity index (χ1) is 14.6. The predicted molar refractivity (Wildman–Crippen MR) is 116 cm³/mol. The molecule has 0 radical (unpaired) electrons. The number of amides is 1. The molecule has 7 nitrogen and oxygen atoms in total. The Morgan fingerprint density at radius 2 is 1.60 bits per heavy atom. The Kier molecular flexibility index (Phi) is 6.09. The summed E-state index contributed by atoms with van der Waals surface area (Å²) >= 11 is 0. The van der Waals surface area contributed by atoms with Crippen molar-refractivity contribution in [1.29, 1.82) is 0 Å². The summed E-state index contributed by atoms with van der Waals surface area (Å²) in [6.45, 7) is 4.23. The second-order valence-electron chi connectivity index (χ2n) is 7.69. The third kappa shape index (κ3) is 4.52. The first kappa shape index (κ1) is 20.1. The van der Waals surface area contributed by atoms with Crippen LogP contribution in [0.25, 0.3) is 10.8 Å². The van der Waals surface area contributed by atoms with Crippen LogP contribution < -0.4 is 11.1 Å². The molecule has 1 aliphatic rings. The van der Waals surface area contributed by atoms with Crippen LogP contribution in [0.1, 0.15) is 18.4 Å². The summed E-state index contributed by atoms with van der Waals surface area (Å²) in [5.74, 6) is 0.0115. The van der Waals surface area contributed by atoms with Crippen molar-refractivity contribution in [3.63, 3.8) is 0 Å². The lowest BCUT2D eigenvalue weighted by molar-refractivity contribution is -0.131. The van der Waals surface area contributed by atoms with Gasteiger partial charge in [0.05, 0.1) is 17.3 Å². The fraction of sp³-hybridized carbons (Fsp3) is 0.348. The lowest BCUT2D eigenvalue weighted by atomic mass is 10.2. The van der Waals surface area contributed by atoms with Gasteiger partial charge in [-0.1, -0.05) is 42.5 Å². The Morgan fingerprint density at radius 1 is 0.867 bits per heavy atom. The number of carbonyl (C=O) groups excluding carboxylic acids is 1. The molecule has 156 valence electrons. The van der Waals surface area contributed by atoms with E-state index in [2.05, 4.69) is 22.1 Å². The number of aryl methyl sites for hydroxylation is 1. The Morgan fingerprint density at radius 3 is 2.40 bits per heavy atom. The summed E-state index contributed by atoms with van der Waals surface area (Å²) in [4.78, 5) is 41.8. The van der Waals surface area contributed by atoms with E-state index in [-0.39, 0.29) is 30.0 Å². The zero-order valence-electron chi connectivity index (χ0n) is 16.9. The van der Waals surface area contributed by atoms with Crippen LogP contribution in [0.5, 0.6) is 0 Å². The van der Waals surface area contributed by atoms with E-state index < -0.39 is 0 Å². The summed E-state index contributed by atoms with van der Waals surface area (Å²) < 4.78 is 1.25. The Balaban J connectivity index is 1.37. The molecule has 0 bridgehead atoms. The molecule has 7 heteroatoms. The van der Waals surface area contributed by atoms with Gasteiger partial charge in [-0.15, -0.1) is 0 Å². The molecule has 2 aromatic carbocycles. The van der Waals surface area contributed by atoms with Gasteiger partial charge in [-0.2, -0.15) is 0 Å². The molecule has 0 unspecified atom stereocenters. The quantitative estimate of drug-likeness (QED) is 0.701. The van der Waals surface area contributed by atoms with E-state index in [1.54, 1.807) is 24.3 Å². The maximum atomic E-state index is 12.7. The molecule has 0 aliphatic carbocycles. The van der Waals surface area contributed by atoms with E-state index in [9.17, 15) is 14.4 Å². The average Bonchev–Trinajstić information content (AvgIpc) is 3.01. The van der Waals surface area contributed by atoms with E-state index in [0.717, 1.165) is 26.1 Å². The van der Waals surface area contributed by atoms with Gasteiger partial charge in [0.1, 0.15) is 0 Å². The van der Waals surface area contributed by atoms with E-state index >= 15 is 0 Å². The molecule has 1 saturated heterocycles. The smallest absolute Gasteiger partial charge is 0.273 e. The second-order valence-corrected chi connectivity index (χ2v) is 7.69. The minimum atomic E-state index is -0.316. The monoisotopic (exact) mass is 406 g/mol. The van der Waals surface area contributed by atoms with Crippen molar-refractivity contribution in [2.45, 2.75) is 25.9 Å². The highest BCUT2D eigenvalue weighted by atomic mass is 16.2. The van der Waals surface area contributed by atoms with Gasteiger partial charge < -0.3 is 4.90 Å². The zero-order valence-corrected chi connectivity index (χ0v) is 16.9. The van der Waals surface area contributed by atoms with Crippen LogP contribution in [-0.4, -0.2) is 51.7 Å². The Hall–Kier alpha value is -3.19. The number of aromatic nitrogens is 2. The molecule has 1 N–H and O–H groups in total. The van der Waals surface area contributed by atoms with Gasteiger partial charge in [-0.05, 0) is 24.1 Å². The van der Waals surface area contributed by atoms with Gasteiger partial charge in [0.25, 0.3) is 11.1 Å². The summed E-state index contributed by atoms with van der Waals surface area (Å²) in [5, 5.41) is 3.34. The molecule has 0 atom stereocenters. The highest BCUT2D eigenvalue weighted by molar-refractivity contribution is 5.80. The minimum Gasteiger partial charge on any atom is -0.341 e. The number of fused-ring (bicyclic) bond motifs is 1. The summed E-state index contributed by atoms with van der Waals surface area (Å²) in [7, 11) is 0. The van der Waals surface area contributed by atoms with Gasteiger partial charge in [0.2, 0.25) is 5.91 Å². The fourth-order valence-electron chi connectivity index (χ4n) is 3.99. The number of benzene rings is 2. The summed E-state index contributed by atoms with van der Waals surface area (Å²) in [5.41, 5.74) is 0.684. The summed E-state index contributed by atoms with van der Waals surface area (Å²) in [6, 6.07) is 17.1. The predicted octanol–water partition coefficient (Wildman–Crippen LogP) is 1.81. The van der Waals surface area contributed by atoms with Crippen LogP contribution >= 0.6 is 0 Å². The van der Waals surface area contributed by atoms with Gasteiger partial charge in [-0.3, -0.25) is 24.4 Å².